The van der Waals surface area contributed by atoms with E-state index in [1.807, 2.05) is 11.8 Å². The molecule has 1 aliphatic heterocycles. The second-order valence-electron chi connectivity index (χ2n) is 4.86. The van der Waals surface area contributed by atoms with Crippen molar-refractivity contribution in [2.45, 2.75) is 38.7 Å². The number of hydrogen-bond acceptors (Lipinski definition) is 3. The van der Waals surface area contributed by atoms with Crippen LogP contribution in [0, 0.1) is 5.92 Å². The number of nitrogens with zero attached hydrogens (tertiary/aromatic N) is 1. The number of piperidine rings is 1. The van der Waals surface area contributed by atoms with Crippen molar-refractivity contribution in [1.29, 1.82) is 0 Å². The van der Waals surface area contributed by atoms with E-state index in [0.717, 1.165) is 25.8 Å². The summed E-state index contributed by atoms with van der Waals surface area (Å²) in [5, 5.41) is 0. The molecule has 0 saturated carbocycles. The fraction of sp³-hybridized carbons (Fsp3) is 0.917. The molecular weight excluding hydrogens is 204 g/mol. The van der Waals surface area contributed by atoms with E-state index >= 15 is 0 Å². The predicted molar refractivity (Wildman–Crippen MR) is 64.1 cm³/mol. The van der Waals surface area contributed by atoms with Crippen molar-refractivity contribution in [1.82, 2.24) is 4.90 Å². The van der Waals surface area contributed by atoms with Crippen molar-refractivity contribution in [2.75, 3.05) is 26.7 Å². The maximum atomic E-state index is 12.2. The molecule has 0 aromatic rings. The Hall–Kier alpha value is -0.610. The zero-order valence-electron chi connectivity index (χ0n) is 10.7. The van der Waals surface area contributed by atoms with Crippen LogP contribution in [0.2, 0.25) is 0 Å². The van der Waals surface area contributed by atoms with Gasteiger partial charge >= 0.3 is 0 Å². The topological polar surface area (TPSA) is 55.6 Å². The average molecular weight is 228 g/mol. The lowest BCUT2D eigenvalue weighted by atomic mass is 9.93. The molecule has 0 aromatic heterocycles. The molecule has 1 heterocycles. The van der Waals surface area contributed by atoms with E-state index in [2.05, 4.69) is 6.92 Å². The standard InChI is InChI=1S/C12H24N2O2/c1-4-10(8-13)11(15)14-7-5-6-12(2,9-14)16-3/h10H,4-9,13H2,1-3H3. The van der Waals surface area contributed by atoms with Gasteiger partial charge in [-0.2, -0.15) is 0 Å². The van der Waals surface area contributed by atoms with Gasteiger partial charge in [0, 0.05) is 26.7 Å². The molecule has 2 N–H and O–H groups in total. The maximum Gasteiger partial charge on any atom is 0.227 e. The first-order valence-corrected chi connectivity index (χ1v) is 6.10. The van der Waals surface area contributed by atoms with Crippen LogP contribution in [0.4, 0.5) is 0 Å². The zero-order chi connectivity index (χ0) is 12.2. The Balaban J connectivity index is 2.63. The molecule has 94 valence electrons. The normalized spacial score (nSPS) is 27.9. The highest BCUT2D eigenvalue weighted by Crippen LogP contribution is 2.25. The van der Waals surface area contributed by atoms with Gasteiger partial charge in [-0.25, -0.2) is 0 Å². The first-order chi connectivity index (χ1) is 7.56. The van der Waals surface area contributed by atoms with E-state index in [-0.39, 0.29) is 17.4 Å². The van der Waals surface area contributed by atoms with E-state index in [0.29, 0.717) is 13.1 Å². The SMILES string of the molecule is CCC(CN)C(=O)N1CCCC(C)(OC)C1. The molecule has 2 atom stereocenters. The fourth-order valence-corrected chi connectivity index (χ4v) is 2.26. The predicted octanol–water partition coefficient (Wildman–Crippen LogP) is 0.999. The van der Waals surface area contributed by atoms with Gasteiger partial charge in [0.2, 0.25) is 5.91 Å². The van der Waals surface area contributed by atoms with E-state index in [1.54, 1.807) is 7.11 Å². The summed E-state index contributed by atoms with van der Waals surface area (Å²) in [6, 6.07) is 0. The molecule has 1 amide bonds. The Labute approximate surface area is 98.1 Å². The van der Waals surface area contributed by atoms with Gasteiger partial charge in [-0.05, 0) is 26.2 Å². The molecule has 4 nitrogen and oxygen atoms in total. The van der Waals surface area contributed by atoms with Crippen LogP contribution in [0.15, 0.2) is 0 Å². The van der Waals surface area contributed by atoms with Gasteiger partial charge in [0.05, 0.1) is 11.5 Å². The third kappa shape index (κ3) is 2.95. The summed E-state index contributed by atoms with van der Waals surface area (Å²) in [4.78, 5) is 14.1. The first-order valence-electron chi connectivity index (χ1n) is 6.10. The number of hydrogen-bond donors (Lipinski definition) is 1. The summed E-state index contributed by atoms with van der Waals surface area (Å²) in [6.07, 6.45) is 2.85. The molecule has 1 saturated heterocycles. The second-order valence-corrected chi connectivity index (χ2v) is 4.86. The number of likely N-dealkylation sites (tertiary alicyclic amines) is 1. The van der Waals surface area contributed by atoms with Crippen LogP contribution in [0.25, 0.3) is 0 Å². The monoisotopic (exact) mass is 228 g/mol. The van der Waals surface area contributed by atoms with Crippen molar-refractivity contribution in [2.24, 2.45) is 11.7 Å². The number of methoxy groups -OCH3 is 1. The van der Waals surface area contributed by atoms with Crippen LogP contribution < -0.4 is 5.73 Å². The van der Waals surface area contributed by atoms with Gasteiger partial charge in [0.15, 0.2) is 0 Å². The summed E-state index contributed by atoms with van der Waals surface area (Å²) in [5.41, 5.74) is 5.43. The minimum Gasteiger partial charge on any atom is -0.377 e. The fourth-order valence-electron chi connectivity index (χ4n) is 2.26. The van der Waals surface area contributed by atoms with Crippen molar-refractivity contribution < 1.29 is 9.53 Å². The minimum atomic E-state index is -0.180. The highest BCUT2D eigenvalue weighted by molar-refractivity contribution is 5.79. The Morgan fingerprint density at radius 1 is 1.62 bits per heavy atom. The Kier molecular flexibility index (Phi) is 4.74. The quantitative estimate of drug-likeness (QED) is 0.781. The van der Waals surface area contributed by atoms with Crippen molar-refractivity contribution in [3.05, 3.63) is 0 Å². The molecule has 16 heavy (non-hydrogen) atoms. The maximum absolute atomic E-state index is 12.2. The van der Waals surface area contributed by atoms with Gasteiger partial charge in [-0.15, -0.1) is 0 Å². The molecule has 1 aliphatic rings. The summed E-state index contributed by atoms with van der Waals surface area (Å²) in [7, 11) is 1.72. The largest absolute Gasteiger partial charge is 0.377 e. The molecule has 4 heteroatoms. The molecule has 2 unspecified atom stereocenters. The molecule has 0 aliphatic carbocycles. The minimum absolute atomic E-state index is 0.0285. The lowest BCUT2D eigenvalue weighted by Gasteiger charge is -2.40. The van der Waals surface area contributed by atoms with Crippen LogP contribution in [-0.2, 0) is 9.53 Å². The summed E-state index contributed by atoms with van der Waals surface area (Å²) in [6.45, 7) is 6.05. The van der Waals surface area contributed by atoms with Crippen molar-refractivity contribution in [3.8, 4) is 0 Å². The van der Waals surface area contributed by atoms with Gasteiger partial charge in [0.1, 0.15) is 0 Å². The number of ether oxygens (including phenoxy) is 1. The van der Waals surface area contributed by atoms with E-state index < -0.39 is 0 Å². The molecule has 0 radical (unpaired) electrons. The van der Waals surface area contributed by atoms with Gasteiger partial charge in [-0.1, -0.05) is 6.92 Å². The highest BCUT2D eigenvalue weighted by Gasteiger charge is 2.34. The van der Waals surface area contributed by atoms with Crippen LogP contribution >= 0.6 is 0 Å². The van der Waals surface area contributed by atoms with Crippen LogP contribution in [0.1, 0.15) is 33.1 Å². The summed E-state index contributed by atoms with van der Waals surface area (Å²) >= 11 is 0. The summed E-state index contributed by atoms with van der Waals surface area (Å²) in [5.74, 6) is 0.159. The van der Waals surface area contributed by atoms with Crippen LogP contribution in [0.3, 0.4) is 0 Å². The molecule has 1 fully saturated rings. The third-order valence-corrected chi connectivity index (χ3v) is 3.59. The van der Waals surface area contributed by atoms with Gasteiger partial charge in [-0.3, -0.25) is 4.79 Å². The summed E-state index contributed by atoms with van der Waals surface area (Å²) < 4.78 is 5.48. The lowest BCUT2D eigenvalue weighted by Crippen LogP contribution is -2.51. The third-order valence-electron chi connectivity index (χ3n) is 3.59. The number of amides is 1. The van der Waals surface area contributed by atoms with Crippen molar-refractivity contribution in [3.63, 3.8) is 0 Å². The smallest absolute Gasteiger partial charge is 0.227 e. The van der Waals surface area contributed by atoms with Crippen LogP contribution in [-0.4, -0.2) is 43.2 Å². The Bertz CT molecular complexity index is 241. The van der Waals surface area contributed by atoms with Gasteiger partial charge in [0.25, 0.3) is 0 Å². The molecule has 0 aromatic carbocycles. The van der Waals surface area contributed by atoms with E-state index in [9.17, 15) is 4.79 Å². The second kappa shape index (κ2) is 5.64. The average Bonchev–Trinajstić information content (AvgIpc) is 2.30. The van der Waals surface area contributed by atoms with Gasteiger partial charge < -0.3 is 15.4 Å². The Morgan fingerprint density at radius 3 is 2.81 bits per heavy atom. The molecule has 0 bridgehead atoms. The van der Waals surface area contributed by atoms with E-state index in [1.165, 1.54) is 0 Å². The highest BCUT2D eigenvalue weighted by atomic mass is 16.5. The first kappa shape index (κ1) is 13.5. The molecular formula is C12H24N2O2. The number of rotatable bonds is 4. The lowest BCUT2D eigenvalue weighted by molar-refractivity contribution is -0.143. The molecule has 1 rings (SSSR count). The van der Waals surface area contributed by atoms with E-state index in [4.69, 9.17) is 10.5 Å². The number of nitrogens with two attached hydrogens (primary N) is 1. The van der Waals surface area contributed by atoms with Crippen LogP contribution in [0.5, 0.6) is 0 Å². The number of carbonyl (C=O) groups excluding carboxylic acids is 1. The van der Waals surface area contributed by atoms with Crippen molar-refractivity contribution >= 4 is 5.91 Å². The zero-order valence-corrected chi connectivity index (χ0v) is 10.7. The molecule has 0 spiro atoms. The number of carbonyl (C=O) groups is 1. The Morgan fingerprint density at radius 2 is 2.31 bits per heavy atom.